The highest BCUT2D eigenvalue weighted by molar-refractivity contribution is 6.39. The van der Waals surface area contributed by atoms with Crippen LogP contribution >= 0.6 is 0 Å². The van der Waals surface area contributed by atoms with Gasteiger partial charge in [-0.05, 0) is 80.6 Å². The second kappa shape index (κ2) is 9.74. The van der Waals surface area contributed by atoms with Gasteiger partial charge in [-0.1, -0.05) is 30.7 Å². The summed E-state index contributed by atoms with van der Waals surface area (Å²) in [6, 6.07) is 12.4. The molecule has 2 heterocycles. The number of nitrogens with one attached hydrogen (secondary N) is 2. The topological polar surface area (TPSA) is 64.7 Å². The highest BCUT2D eigenvalue weighted by atomic mass is 16.2. The molecular formula is C26H34N4O2. The number of nitrogens with zero attached hydrogens (tertiary/aromatic N) is 2. The molecule has 2 aromatic rings. The van der Waals surface area contributed by atoms with Gasteiger partial charge >= 0.3 is 11.8 Å². The highest BCUT2D eigenvalue weighted by Crippen LogP contribution is 2.32. The molecular weight excluding hydrogens is 400 g/mol. The minimum absolute atomic E-state index is 0.0731. The number of rotatable bonds is 5. The van der Waals surface area contributed by atoms with Crippen LogP contribution in [0.15, 0.2) is 36.4 Å². The summed E-state index contributed by atoms with van der Waals surface area (Å²) in [6.45, 7) is 7.44. The maximum absolute atomic E-state index is 12.6. The number of anilines is 2. The van der Waals surface area contributed by atoms with Crippen LogP contribution in [0.1, 0.15) is 47.6 Å². The molecule has 4 rings (SSSR count). The van der Waals surface area contributed by atoms with Gasteiger partial charge in [-0.25, -0.2) is 0 Å². The molecule has 6 nitrogen and oxygen atoms in total. The second-order valence-electron chi connectivity index (χ2n) is 9.08. The van der Waals surface area contributed by atoms with Crippen LogP contribution in [0.25, 0.3) is 0 Å². The standard InChI is InChI=1S/C26H34N4O2/c1-18-8-7-9-22(19(18)2)28-26(32)25(31)27-17-24(30-13-5-4-6-14-30)20-10-11-23-21(16-20)12-15-29(23)3/h7-11,16,24H,4-6,12-15,17H2,1-3H3,(H,27,31)(H,28,32). The Kier molecular flexibility index (Phi) is 6.80. The fourth-order valence-corrected chi connectivity index (χ4v) is 4.82. The molecule has 2 aliphatic heterocycles. The normalized spacial score (nSPS) is 17.0. The molecule has 0 aromatic heterocycles. The summed E-state index contributed by atoms with van der Waals surface area (Å²) in [7, 11) is 2.13. The molecule has 1 atom stereocenters. The van der Waals surface area contributed by atoms with Gasteiger partial charge < -0.3 is 15.5 Å². The molecule has 170 valence electrons. The van der Waals surface area contributed by atoms with Gasteiger partial charge in [-0.2, -0.15) is 0 Å². The minimum Gasteiger partial charge on any atom is -0.374 e. The van der Waals surface area contributed by atoms with Crippen molar-refractivity contribution in [1.82, 2.24) is 10.2 Å². The average molecular weight is 435 g/mol. The van der Waals surface area contributed by atoms with Crippen molar-refractivity contribution in [1.29, 1.82) is 0 Å². The quantitative estimate of drug-likeness (QED) is 0.706. The predicted octanol–water partition coefficient (Wildman–Crippen LogP) is 3.58. The maximum Gasteiger partial charge on any atom is 0.313 e. The van der Waals surface area contributed by atoms with E-state index >= 15 is 0 Å². The summed E-state index contributed by atoms with van der Waals surface area (Å²) in [5.41, 5.74) is 6.62. The summed E-state index contributed by atoms with van der Waals surface area (Å²) in [5.74, 6) is -1.21. The van der Waals surface area contributed by atoms with Crippen molar-refractivity contribution in [3.05, 3.63) is 58.7 Å². The first kappa shape index (κ1) is 22.3. The molecule has 0 radical (unpaired) electrons. The van der Waals surface area contributed by atoms with Gasteiger partial charge in [0.1, 0.15) is 0 Å². The molecule has 2 N–H and O–H groups in total. The number of hydrogen-bond acceptors (Lipinski definition) is 4. The fourth-order valence-electron chi connectivity index (χ4n) is 4.82. The summed E-state index contributed by atoms with van der Waals surface area (Å²) < 4.78 is 0. The SMILES string of the molecule is Cc1cccc(NC(=O)C(=O)NCC(c2ccc3c(c2)CCN3C)N2CCCCC2)c1C. The maximum atomic E-state index is 12.6. The van der Waals surface area contributed by atoms with Crippen LogP contribution in [0.4, 0.5) is 11.4 Å². The van der Waals surface area contributed by atoms with Crippen LogP contribution in [0, 0.1) is 13.8 Å². The number of carbonyl (C=O) groups is 2. The zero-order chi connectivity index (χ0) is 22.7. The molecule has 6 heteroatoms. The van der Waals surface area contributed by atoms with Crippen molar-refractivity contribution in [2.75, 3.05) is 43.4 Å². The molecule has 2 amide bonds. The van der Waals surface area contributed by atoms with Gasteiger partial charge in [-0.15, -0.1) is 0 Å². The van der Waals surface area contributed by atoms with Crippen molar-refractivity contribution < 1.29 is 9.59 Å². The number of likely N-dealkylation sites (tertiary alicyclic amines) is 1. The van der Waals surface area contributed by atoms with Crippen LogP contribution in [0.2, 0.25) is 0 Å². The summed E-state index contributed by atoms with van der Waals surface area (Å²) in [6.07, 6.45) is 4.65. The molecule has 2 aliphatic rings. The first-order valence-corrected chi connectivity index (χ1v) is 11.7. The number of hydrogen-bond donors (Lipinski definition) is 2. The summed E-state index contributed by atoms with van der Waals surface area (Å²) >= 11 is 0. The Morgan fingerprint density at radius 2 is 1.78 bits per heavy atom. The second-order valence-corrected chi connectivity index (χ2v) is 9.08. The van der Waals surface area contributed by atoms with Crippen LogP contribution in [0.3, 0.4) is 0 Å². The number of benzene rings is 2. The third kappa shape index (κ3) is 4.80. The molecule has 1 saturated heterocycles. The lowest BCUT2D eigenvalue weighted by Crippen LogP contribution is -2.43. The number of carbonyl (C=O) groups excluding carboxylic acids is 2. The predicted molar refractivity (Wildman–Crippen MR) is 129 cm³/mol. The van der Waals surface area contributed by atoms with Gasteiger partial charge in [0.15, 0.2) is 0 Å². The number of fused-ring (bicyclic) bond motifs is 1. The number of likely N-dealkylation sites (N-methyl/N-ethyl adjacent to an activating group) is 1. The number of aryl methyl sites for hydroxylation is 1. The lowest BCUT2D eigenvalue weighted by atomic mass is 9.98. The smallest absolute Gasteiger partial charge is 0.313 e. The molecule has 0 saturated carbocycles. The van der Waals surface area contributed by atoms with Crippen molar-refractivity contribution in [3.8, 4) is 0 Å². The Morgan fingerprint density at radius 3 is 2.56 bits per heavy atom. The molecule has 2 aromatic carbocycles. The van der Waals surface area contributed by atoms with E-state index in [9.17, 15) is 9.59 Å². The molecule has 0 aliphatic carbocycles. The van der Waals surface area contributed by atoms with Gasteiger partial charge in [0.05, 0.1) is 6.04 Å². The highest BCUT2D eigenvalue weighted by Gasteiger charge is 2.26. The van der Waals surface area contributed by atoms with Gasteiger partial charge in [0, 0.05) is 31.5 Å². The zero-order valence-corrected chi connectivity index (χ0v) is 19.4. The van der Waals surface area contributed by atoms with E-state index in [0.717, 1.165) is 37.2 Å². The van der Waals surface area contributed by atoms with E-state index in [-0.39, 0.29) is 6.04 Å². The van der Waals surface area contributed by atoms with E-state index < -0.39 is 11.8 Å². The van der Waals surface area contributed by atoms with Crippen molar-refractivity contribution >= 4 is 23.2 Å². The van der Waals surface area contributed by atoms with E-state index in [2.05, 4.69) is 45.7 Å². The third-order valence-electron chi connectivity index (χ3n) is 6.96. The number of amides is 2. The lowest BCUT2D eigenvalue weighted by Gasteiger charge is -2.35. The Balaban J connectivity index is 1.46. The van der Waals surface area contributed by atoms with Gasteiger partial charge in [0.25, 0.3) is 0 Å². The summed E-state index contributed by atoms with van der Waals surface area (Å²) in [4.78, 5) is 29.9. The average Bonchev–Trinajstić information content (AvgIpc) is 3.17. The molecule has 1 fully saturated rings. The van der Waals surface area contributed by atoms with Crippen LogP contribution < -0.4 is 15.5 Å². The zero-order valence-electron chi connectivity index (χ0n) is 19.4. The van der Waals surface area contributed by atoms with Crippen LogP contribution in [-0.4, -0.2) is 49.9 Å². The van der Waals surface area contributed by atoms with Crippen LogP contribution in [0.5, 0.6) is 0 Å². The van der Waals surface area contributed by atoms with E-state index in [1.807, 2.05) is 32.0 Å². The largest absolute Gasteiger partial charge is 0.374 e. The lowest BCUT2D eigenvalue weighted by molar-refractivity contribution is -0.136. The van der Waals surface area contributed by atoms with Crippen molar-refractivity contribution in [2.24, 2.45) is 0 Å². The van der Waals surface area contributed by atoms with E-state index in [1.165, 1.54) is 36.1 Å². The van der Waals surface area contributed by atoms with Gasteiger partial charge in [0.2, 0.25) is 0 Å². The minimum atomic E-state index is -0.619. The first-order chi connectivity index (χ1) is 15.4. The van der Waals surface area contributed by atoms with Crippen LogP contribution in [-0.2, 0) is 16.0 Å². The molecule has 0 bridgehead atoms. The van der Waals surface area contributed by atoms with Gasteiger partial charge in [-0.3, -0.25) is 14.5 Å². The Labute approximate surface area is 191 Å². The van der Waals surface area contributed by atoms with E-state index in [0.29, 0.717) is 12.2 Å². The Hall–Kier alpha value is -2.86. The summed E-state index contributed by atoms with van der Waals surface area (Å²) in [5, 5.41) is 5.67. The van der Waals surface area contributed by atoms with Crippen molar-refractivity contribution in [2.45, 2.75) is 45.6 Å². The fraction of sp³-hybridized carbons (Fsp3) is 0.462. The van der Waals surface area contributed by atoms with E-state index in [4.69, 9.17) is 0 Å². The Bertz CT molecular complexity index is 997. The first-order valence-electron chi connectivity index (χ1n) is 11.7. The molecule has 0 spiro atoms. The monoisotopic (exact) mass is 434 g/mol. The molecule has 1 unspecified atom stereocenters. The molecule has 32 heavy (non-hydrogen) atoms. The van der Waals surface area contributed by atoms with Crippen molar-refractivity contribution in [3.63, 3.8) is 0 Å². The number of piperidine rings is 1. The van der Waals surface area contributed by atoms with E-state index in [1.54, 1.807) is 0 Å². The Morgan fingerprint density at radius 1 is 1.00 bits per heavy atom. The third-order valence-corrected chi connectivity index (χ3v) is 6.96.